The van der Waals surface area contributed by atoms with E-state index in [2.05, 4.69) is 15.9 Å². The number of thiophene rings is 1. The van der Waals surface area contributed by atoms with Crippen LogP contribution in [0.3, 0.4) is 0 Å². The number of carboxylic acids is 1. The number of benzene rings is 1. The summed E-state index contributed by atoms with van der Waals surface area (Å²) in [6.07, 6.45) is -0.393. The number of hydrogen-bond donors (Lipinski definition) is 1. The average molecular weight is 382 g/mol. The van der Waals surface area contributed by atoms with Crippen LogP contribution in [0.2, 0.25) is 0 Å². The molecule has 0 saturated carbocycles. The monoisotopic (exact) mass is 381 g/mol. The number of nitrogens with zero attached hydrogens (tertiary/aromatic N) is 1. The molecule has 2 heterocycles. The molecule has 3 rings (SSSR count). The van der Waals surface area contributed by atoms with E-state index in [-0.39, 0.29) is 11.5 Å². The summed E-state index contributed by atoms with van der Waals surface area (Å²) in [6, 6.07) is 9.47. The third-order valence-electron chi connectivity index (χ3n) is 3.37. The van der Waals surface area contributed by atoms with Crippen molar-refractivity contribution in [2.75, 3.05) is 0 Å². The number of halogens is 1. The molecule has 1 N–H and O–H groups in total. The lowest BCUT2D eigenvalue weighted by molar-refractivity contribution is 0.0701. The van der Waals surface area contributed by atoms with Crippen LogP contribution in [0.4, 0.5) is 4.79 Å². The van der Waals surface area contributed by atoms with Gasteiger partial charge < -0.3 is 9.84 Å². The molecule has 0 bridgehead atoms. The average Bonchev–Trinajstić information content (AvgIpc) is 3.06. The van der Waals surface area contributed by atoms with Gasteiger partial charge in [-0.2, -0.15) is 0 Å². The van der Waals surface area contributed by atoms with Crippen LogP contribution in [0.1, 0.15) is 25.7 Å². The Hall–Kier alpha value is -1.86. The Morgan fingerprint density at radius 3 is 2.64 bits per heavy atom. The topological polar surface area (TPSA) is 66.8 Å². The molecular weight excluding hydrogens is 370 g/mol. The number of aromatic carboxylic acids is 1. The smallest absolute Gasteiger partial charge is 0.410 e. The SMILES string of the molecule is O=C(O)c1sc2c(c1Br)CN(C(=O)OCc1ccccc1)C2. The molecule has 2 aromatic rings. The van der Waals surface area contributed by atoms with Crippen molar-refractivity contribution in [3.63, 3.8) is 0 Å². The first-order valence-electron chi connectivity index (χ1n) is 6.55. The zero-order chi connectivity index (χ0) is 15.7. The summed E-state index contributed by atoms with van der Waals surface area (Å²) in [7, 11) is 0. The van der Waals surface area contributed by atoms with Crippen molar-refractivity contribution >= 4 is 39.3 Å². The zero-order valence-electron chi connectivity index (χ0n) is 11.4. The highest BCUT2D eigenvalue weighted by atomic mass is 79.9. The summed E-state index contributed by atoms with van der Waals surface area (Å²) < 4.78 is 5.86. The Morgan fingerprint density at radius 1 is 1.27 bits per heavy atom. The molecule has 1 aliphatic rings. The number of ether oxygens (including phenoxy) is 1. The third kappa shape index (κ3) is 2.86. The maximum absolute atomic E-state index is 12.1. The van der Waals surface area contributed by atoms with Gasteiger partial charge in [-0.15, -0.1) is 11.3 Å². The van der Waals surface area contributed by atoms with Crippen molar-refractivity contribution in [3.8, 4) is 0 Å². The van der Waals surface area contributed by atoms with E-state index in [0.717, 1.165) is 16.0 Å². The van der Waals surface area contributed by atoms with E-state index >= 15 is 0 Å². The molecule has 0 fully saturated rings. The second kappa shape index (κ2) is 6.10. The number of amides is 1. The highest BCUT2D eigenvalue weighted by molar-refractivity contribution is 9.10. The predicted octanol–water partition coefficient (Wildman–Crippen LogP) is 3.86. The maximum Gasteiger partial charge on any atom is 0.410 e. The van der Waals surface area contributed by atoms with E-state index in [9.17, 15) is 9.59 Å². The van der Waals surface area contributed by atoms with E-state index in [1.165, 1.54) is 11.3 Å². The van der Waals surface area contributed by atoms with Crippen LogP contribution in [0.25, 0.3) is 0 Å². The van der Waals surface area contributed by atoms with E-state index in [4.69, 9.17) is 9.84 Å². The van der Waals surface area contributed by atoms with Crippen molar-refractivity contribution in [1.29, 1.82) is 0 Å². The number of hydrogen-bond acceptors (Lipinski definition) is 4. The second-order valence-electron chi connectivity index (χ2n) is 4.85. The molecule has 0 radical (unpaired) electrons. The summed E-state index contributed by atoms with van der Waals surface area (Å²) in [6.45, 7) is 0.984. The Kier molecular flexibility index (Phi) is 4.17. The molecule has 22 heavy (non-hydrogen) atoms. The Bertz CT molecular complexity index is 729. The first kappa shape index (κ1) is 15.1. The van der Waals surface area contributed by atoms with Gasteiger partial charge in [0.05, 0.1) is 13.1 Å². The number of carbonyl (C=O) groups is 2. The minimum absolute atomic E-state index is 0.228. The molecule has 0 aliphatic carbocycles. The van der Waals surface area contributed by atoms with Crippen LogP contribution < -0.4 is 0 Å². The number of rotatable bonds is 3. The van der Waals surface area contributed by atoms with Crippen LogP contribution in [0, 0.1) is 0 Å². The lowest BCUT2D eigenvalue weighted by Crippen LogP contribution is -2.26. The fourth-order valence-electron chi connectivity index (χ4n) is 2.27. The lowest BCUT2D eigenvalue weighted by Gasteiger charge is -2.15. The van der Waals surface area contributed by atoms with Crippen molar-refractivity contribution < 1.29 is 19.4 Å². The van der Waals surface area contributed by atoms with Crippen molar-refractivity contribution in [3.05, 3.63) is 55.7 Å². The van der Waals surface area contributed by atoms with E-state index in [1.807, 2.05) is 30.3 Å². The van der Waals surface area contributed by atoms with E-state index in [1.54, 1.807) is 4.90 Å². The molecule has 0 saturated heterocycles. The standard InChI is InChI=1S/C15H12BrNO4S/c16-12-10-6-17(7-11(10)22-13(12)14(18)19)15(20)21-8-9-4-2-1-3-5-9/h1-5H,6-8H2,(H,18,19). The molecule has 0 atom stereocenters. The van der Waals surface area contributed by atoms with Crippen molar-refractivity contribution in [2.45, 2.75) is 19.7 Å². The number of carbonyl (C=O) groups excluding carboxylic acids is 1. The molecular formula is C15H12BrNO4S. The maximum atomic E-state index is 12.1. The Morgan fingerprint density at radius 2 is 2.00 bits per heavy atom. The number of fused-ring (bicyclic) bond motifs is 1. The van der Waals surface area contributed by atoms with Crippen molar-refractivity contribution in [2.24, 2.45) is 0 Å². The van der Waals surface area contributed by atoms with Gasteiger partial charge in [0.2, 0.25) is 0 Å². The van der Waals surface area contributed by atoms with E-state index in [0.29, 0.717) is 17.6 Å². The lowest BCUT2D eigenvalue weighted by atomic mass is 10.2. The summed E-state index contributed by atoms with van der Waals surface area (Å²) in [5, 5.41) is 9.08. The molecule has 7 heteroatoms. The van der Waals surface area contributed by atoms with Crippen LogP contribution in [-0.2, 0) is 24.4 Å². The van der Waals surface area contributed by atoms with Crippen LogP contribution in [0.15, 0.2) is 34.8 Å². The van der Waals surface area contributed by atoms with Crippen LogP contribution in [0.5, 0.6) is 0 Å². The molecule has 114 valence electrons. The Balaban J connectivity index is 1.63. The van der Waals surface area contributed by atoms with Crippen molar-refractivity contribution in [1.82, 2.24) is 4.90 Å². The van der Waals surface area contributed by atoms with Gasteiger partial charge in [0, 0.05) is 14.9 Å². The van der Waals surface area contributed by atoms with Gasteiger partial charge in [-0.1, -0.05) is 30.3 Å². The third-order valence-corrected chi connectivity index (χ3v) is 5.71. The highest BCUT2D eigenvalue weighted by Gasteiger charge is 2.31. The Labute approximate surface area is 139 Å². The molecule has 5 nitrogen and oxygen atoms in total. The molecule has 1 aromatic carbocycles. The molecule has 0 unspecified atom stereocenters. The van der Waals surface area contributed by atoms with Crippen LogP contribution in [-0.4, -0.2) is 22.1 Å². The minimum atomic E-state index is -0.954. The predicted molar refractivity (Wildman–Crippen MR) is 84.9 cm³/mol. The summed E-state index contributed by atoms with van der Waals surface area (Å²) >= 11 is 4.50. The van der Waals surface area contributed by atoms with Gasteiger partial charge in [0.25, 0.3) is 0 Å². The van der Waals surface area contributed by atoms with Gasteiger partial charge >= 0.3 is 12.1 Å². The summed E-state index contributed by atoms with van der Waals surface area (Å²) in [4.78, 5) is 25.9. The van der Waals surface area contributed by atoms with Gasteiger partial charge in [0.15, 0.2) is 0 Å². The first-order chi connectivity index (χ1) is 10.6. The highest BCUT2D eigenvalue weighted by Crippen LogP contribution is 2.39. The fourth-order valence-corrected chi connectivity index (χ4v) is 4.24. The fraction of sp³-hybridized carbons (Fsp3) is 0.200. The van der Waals surface area contributed by atoms with Crippen LogP contribution >= 0.6 is 27.3 Å². The van der Waals surface area contributed by atoms with Gasteiger partial charge in [-0.25, -0.2) is 9.59 Å². The quantitative estimate of drug-likeness (QED) is 0.876. The molecule has 1 aromatic heterocycles. The van der Waals surface area contributed by atoms with Gasteiger partial charge in [0.1, 0.15) is 11.5 Å². The summed E-state index contributed by atoms with van der Waals surface area (Å²) in [5.41, 5.74) is 1.79. The largest absolute Gasteiger partial charge is 0.477 e. The minimum Gasteiger partial charge on any atom is -0.477 e. The zero-order valence-corrected chi connectivity index (χ0v) is 13.8. The van der Waals surface area contributed by atoms with Gasteiger partial charge in [-0.3, -0.25) is 4.90 Å². The normalized spacial score (nSPS) is 13.0. The van der Waals surface area contributed by atoms with E-state index < -0.39 is 12.1 Å². The molecule has 0 spiro atoms. The first-order valence-corrected chi connectivity index (χ1v) is 8.16. The van der Waals surface area contributed by atoms with Gasteiger partial charge in [-0.05, 0) is 21.5 Å². The second-order valence-corrected chi connectivity index (χ2v) is 6.75. The summed E-state index contributed by atoms with van der Waals surface area (Å²) in [5.74, 6) is -0.954. The molecule has 1 amide bonds. The number of carboxylic acid groups (broad SMARTS) is 1. The molecule has 1 aliphatic heterocycles.